The second kappa shape index (κ2) is 8.71. The predicted octanol–water partition coefficient (Wildman–Crippen LogP) is 2.98. The van der Waals surface area contributed by atoms with E-state index in [-0.39, 0.29) is 17.7 Å². The average Bonchev–Trinajstić information content (AvgIpc) is 3.08. The van der Waals surface area contributed by atoms with E-state index in [2.05, 4.69) is 13.0 Å². The zero-order valence-corrected chi connectivity index (χ0v) is 14.5. The van der Waals surface area contributed by atoms with Crippen molar-refractivity contribution in [3.05, 3.63) is 29.8 Å². The molecule has 0 aromatic heterocycles. The molecule has 0 unspecified atom stereocenters. The van der Waals surface area contributed by atoms with Crippen molar-refractivity contribution >= 4 is 11.9 Å². The molecule has 1 aliphatic rings. The van der Waals surface area contributed by atoms with Crippen LogP contribution < -0.4 is 4.74 Å². The maximum absolute atomic E-state index is 12.4. The molecule has 1 amide bonds. The van der Waals surface area contributed by atoms with Gasteiger partial charge in [-0.25, -0.2) is 0 Å². The van der Waals surface area contributed by atoms with Gasteiger partial charge in [-0.1, -0.05) is 19.1 Å². The van der Waals surface area contributed by atoms with Crippen molar-refractivity contribution in [3.63, 3.8) is 0 Å². The molecule has 0 aliphatic heterocycles. The summed E-state index contributed by atoms with van der Waals surface area (Å²) in [7, 11) is 1.79. The Morgan fingerprint density at radius 3 is 2.71 bits per heavy atom. The van der Waals surface area contributed by atoms with E-state index >= 15 is 0 Å². The molecule has 1 saturated carbocycles. The van der Waals surface area contributed by atoms with Crippen LogP contribution in [0.2, 0.25) is 0 Å². The highest BCUT2D eigenvalue weighted by molar-refractivity contribution is 5.80. The van der Waals surface area contributed by atoms with Gasteiger partial charge in [0.15, 0.2) is 0 Å². The lowest BCUT2D eigenvalue weighted by atomic mass is 10.0. The van der Waals surface area contributed by atoms with E-state index in [0.29, 0.717) is 32.4 Å². The van der Waals surface area contributed by atoms with Gasteiger partial charge in [0.1, 0.15) is 5.75 Å². The highest BCUT2D eigenvalue weighted by atomic mass is 16.5. The summed E-state index contributed by atoms with van der Waals surface area (Å²) >= 11 is 0. The predicted molar refractivity (Wildman–Crippen MR) is 92.0 cm³/mol. The summed E-state index contributed by atoms with van der Waals surface area (Å²) in [6, 6.07) is 8.05. The Balaban J connectivity index is 1.70. The minimum absolute atomic E-state index is 0.0618. The number of benzene rings is 1. The van der Waals surface area contributed by atoms with E-state index in [0.717, 1.165) is 18.6 Å². The number of hydrogen-bond donors (Lipinski definition) is 1. The third-order valence-electron chi connectivity index (χ3n) is 4.72. The summed E-state index contributed by atoms with van der Waals surface area (Å²) in [5.41, 5.74) is 1.24. The molecule has 132 valence electrons. The summed E-state index contributed by atoms with van der Waals surface area (Å²) in [4.78, 5) is 25.1. The molecule has 5 nitrogen and oxygen atoms in total. The molecule has 1 aliphatic carbocycles. The van der Waals surface area contributed by atoms with Gasteiger partial charge in [-0.05, 0) is 49.8 Å². The number of rotatable bonds is 8. The molecular formula is C19H27NO4. The number of hydrogen-bond acceptors (Lipinski definition) is 3. The van der Waals surface area contributed by atoms with Crippen LogP contribution in [0.15, 0.2) is 24.3 Å². The number of aryl methyl sites for hydroxylation is 1. The lowest BCUT2D eigenvalue weighted by Gasteiger charge is -2.21. The number of carboxylic acids is 1. The van der Waals surface area contributed by atoms with Gasteiger partial charge in [-0.2, -0.15) is 0 Å². The van der Waals surface area contributed by atoms with E-state index in [9.17, 15) is 9.59 Å². The molecule has 0 bridgehead atoms. The van der Waals surface area contributed by atoms with Gasteiger partial charge in [-0.3, -0.25) is 9.59 Å². The monoisotopic (exact) mass is 333 g/mol. The van der Waals surface area contributed by atoms with Crippen LogP contribution in [-0.4, -0.2) is 42.1 Å². The molecule has 2 atom stereocenters. The van der Waals surface area contributed by atoms with Crippen LogP contribution in [0.1, 0.15) is 38.2 Å². The molecule has 1 fully saturated rings. The van der Waals surface area contributed by atoms with Crippen LogP contribution >= 0.6 is 0 Å². The zero-order chi connectivity index (χ0) is 17.5. The van der Waals surface area contributed by atoms with E-state index in [1.807, 2.05) is 18.2 Å². The van der Waals surface area contributed by atoms with Gasteiger partial charge in [0.25, 0.3) is 0 Å². The molecule has 0 saturated heterocycles. The Morgan fingerprint density at radius 1 is 1.29 bits per heavy atom. The zero-order valence-electron chi connectivity index (χ0n) is 14.5. The molecule has 2 rings (SSSR count). The van der Waals surface area contributed by atoms with E-state index in [4.69, 9.17) is 9.84 Å². The van der Waals surface area contributed by atoms with Gasteiger partial charge < -0.3 is 14.7 Å². The number of ether oxygens (including phenoxy) is 1. The first-order chi connectivity index (χ1) is 11.5. The summed E-state index contributed by atoms with van der Waals surface area (Å²) in [5, 5.41) is 9.03. The Bertz CT molecular complexity index is 572. The van der Waals surface area contributed by atoms with Gasteiger partial charge >= 0.3 is 5.97 Å². The molecule has 1 aromatic carbocycles. The van der Waals surface area contributed by atoms with Crippen molar-refractivity contribution in [2.45, 2.75) is 39.0 Å². The summed E-state index contributed by atoms with van der Waals surface area (Å²) in [6.45, 7) is 3.30. The first-order valence-corrected chi connectivity index (χ1v) is 8.70. The number of carbonyl (C=O) groups is 2. The van der Waals surface area contributed by atoms with Crippen molar-refractivity contribution in [2.75, 3.05) is 20.2 Å². The molecule has 1 aromatic rings. The van der Waals surface area contributed by atoms with Crippen LogP contribution in [-0.2, 0) is 16.0 Å². The van der Waals surface area contributed by atoms with Crippen LogP contribution in [0.3, 0.4) is 0 Å². The molecular weight excluding hydrogens is 306 g/mol. The Kier molecular flexibility index (Phi) is 6.64. The number of nitrogens with zero attached hydrogens (tertiary/aromatic N) is 1. The van der Waals surface area contributed by atoms with Crippen molar-refractivity contribution in [1.82, 2.24) is 4.90 Å². The second-order valence-corrected chi connectivity index (χ2v) is 6.51. The third-order valence-corrected chi connectivity index (χ3v) is 4.72. The Labute approximate surface area is 143 Å². The third kappa shape index (κ3) is 4.98. The fourth-order valence-corrected chi connectivity index (χ4v) is 3.20. The van der Waals surface area contributed by atoms with E-state index in [1.165, 1.54) is 5.56 Å². The Hall–Kier alpha value is -2.04. The highest BCUT2D eigenvalue weighted by Crippen LogP contribution is 2.32. The lowest BCUT2D eigenvalue weighted by molar-refractivity contribution is -0.141. The van der Waals surface area contributed by atoms with Crippen molar-refractivity contribution in [3.8, 4) is 5.75 Å². The quantitative estimate of drug-likeness (QED) is 0.743. The maximum atomic E-state index is 12.4. The second-order valence-electron chi connectivity index (χ2n) is 6.51. The Morgan fingerprint density at radius 2 is 2.04 bits per heavy atom. The topological polar surface area (TPSA) is 66.8 Å². The molecule has 24 heavy (non-hydrogen) atoms. The maximum Gasteiger partial charge on any atom is 0.306 e. The van der Waals surface area contributed by atoms with Crippen LogP contribution in [0.4, 0.5) is 0 Å². The largest absolute Gasteiger partial charge is 0.494 e. The van der Waals surface area contributed by atoms with Crippen LogP contribution in [0.5, 0.6) is 5.75 Å². The summed E-state index contributed by atoms with van der Waals surface area (Å²) in [6.07, 6.45) is 3.50. The molecule has 0 radical (unpaired) electrons. The average molecular weight is 333 g/mol. The first-order valence-electron chi connectivity index (χ1n) is 8.70. The van der Waals surface area contributed by atoms with Crippen molar-refractivity contribution in [2.24, 2.45) is 11.8 Å². The van der Waals surface area contributed by atoms with Crippen molar-refractivity contribution < 1.29 is 19.4 Å². The molecule has 5 heteroatoms. The fourth-order valence-electron chi connectivity index (χ4n) is 3.20. The SMILES string of the molecule is CCc1cccc(OCCCN(C)C(=O)[C@H]2CC[C@@H](C(=O)O)C2)c1. The minimum Gasteiger partial charge on any atom is -0.494 e. The standard InChI is InChI=1S/C19H27NO4/c1-3-14-6-4-7-17(12-14)24-11-5-10-20(2)18(21)15-8-9-16(13-15)19(22)23/h4,6-7,12,15-16H,3,5,8-11,13H2,1-2H3,(H,22,23)/t15-,16+/m0/s1. The van der Waals surface area contributed by atoms with Crippen LogP contribution in [0.25, 0.3) is 0 Å². The van der Waals surface area contributed by atoms with Gasteiger partial charge in [-0.15, -0.1) is 0 Å². The first kappa shape index (κ1) is 18.3. The van der Waals surface area contributed by atoms with E-state index < -0.39 is 5.97 Å². The normalized spacial score (nSPS) is 19.9. The number of aliphatic carboxylic acids is 1. The van der Waals surface area contributed by atoms with Crippen molar-refractivity contribution in [1.29, 1.82) is 0 Å². The van der Waals surface area contributed by atoms with Gasteiger partial charge in [0.2, 0.25) is 5.91 Å². The smallest absolute Gasteiger partial charge is 0.306 e. The fraction of sp³-hybridized carbons (Fsp3) is 0.579. The highest BCUT2D eigenvalue weighted by Gasteiger charge is 2.34. The lowest BCUT2D eigenvalue weighted by Crippen LogP contribution is -2.33. The number of carboxylic acid groups (broad SMARTS) is 1. The number of amides is 1. The summed E-state index contributed by atoms with van der Waals surface area (Å²) in [5.74, 6) is -0.356. The minimum atomic E-state index is -0.782. The van der Waals surface area contributed by atoms with Crippen LogP contribution in [0, 0.1) is 11.8 Å². The van der Waals surface area contributed by atoms with Gasteiger partial charge in [0, 0.05) is 19.5 Å². The molecule has 0 heterocycles. The molecule has 1 N–H and O–H groups in total. The molecule has 0 spiro atoms. The van der Waals surface area contributed by atoms with E-state index in [1.54, 1.807) is 11.9 Å². The number of carbonyl (C=O) groups excluding carboxylic acids is 1. The summed E-state index contributed by atoms with van der Waals surface area (Å²) < 4.78 is 5.74. The van der Waals surface area contributed by atoms with Gasteiger partial charge in [0.05, 0.1) is 12.5 Å².